The quantitative estimate of drug-likeness (QED) is 0.304. The smallest absolute Gasteiger partial charge is 0.233 e. The van der Waals surface area contributed by atoms with Crippen LogP contribution in [0.2, 0.25) is 0 Å². The number of amides is 1. The lowest BCUT2D eigenvalue weighted by molar-refractivity contribution is -0.129. The number of nitrogens with zero attached hydrogens (tertiary/aromatic N) is 3. The number of thioether (sulfide) groups is 1. The van der Waals surface area contributed by atoms with E-state index in [-0.39, 0.29) is 5.91 Å². The highest BCUT2D eigenvalue weighted by Crippen LogP contribution is 2.26. The zero-order chi connectivity index (χ0) is 23.2. The normalized spacial score (nSPS) is 14.5. The van der Waals surface area contributed by atoms with Gasteiger partial charge in [-0.3, -0.25) is 4.79 Å². The van der Waals surface area contributed by atoms with Crippen LogP contribution in [-0.4, -0.2) is 39.2 Å². The third-order valence-corrected chi connectivity index (χ3v) is 7.71. The van der Waals surface area contributed by atoms with Gasteiger partial charge in [0.2, 0.25) is 5.91 Å². The molecule has 0 atom stereocenters. The Morgan fingerprint density at radius 2 is 1.50 bits per heavy atom. The van der Waals surface area contributed by atoms with Crippen molar-refractivity contribution in [2.45, 2.75) is 37.4 Å². The van der Waals surface area contributed by atoms with Crippen LogP contribution in [0.5, 0.6) is 0 Å². The van der Waals surface area contributed by atoms with Gasteiger partial charge in [0.05, 0.1) is 16.8 Å². The van der Waals surface area contributed by atoms with Crippen LogP contribution in [0.3, 0.4) is 0 Å². The lowest BCUT2D eigenvalue weighted by Crippen LogP contribution is -2.39. The fraction of sp³-hybridized carbons (Fsp3) is 0.310. The number of aromatic nitrogens is 2. The van der Waals surface area contributed by atoms with Crippen LogP contribution in [0, 0.1) is 5.92 Å². The first-order valence-corrected chi connectivity index (χ1v) is 13.2. The minimum Gasteiger partial charge on any atom is -0.342 e. The lowest BCUT2D eigenvalue weighted by atomic mass is 9.90. The largest absolute Gasteiger partial charge is 0.342 e. The lowest BCUT2D eigenvalue weighted by Gasteiger charge is -2.32. The SMILES string of the molecule is O=C(CSc1nc2ccccc2n1CCc1ccccc1)N1CCC(Cc2ccccc2)CC1. The monoisotopic (exact) mass is 469 g/mol. The fourth-order valence-corrected chi connectivity index (χ4v) is 5.76. The van der Waals surface area contributed by atoms with Crippen LogP contribution in [0.4, 0.5) is 0 Å². The van der Waals surface area contributed by atoms with Crippen LogP contribution < -0.4 is 0 Å². The molecular weight excluding hydrogens is 438 g/mol. The molecule has 1 aromatic heterocycles. The van der Waals surface area contributed by atoms with E-state index in [0.29, 0.717) is 11.7 Å². The van der Waals surface area contributed by atoms with E-state index < -0.39 is 0 Å². The molecule has 34 heavy (non-hydrogen) atoms. The molecule has 5 rings (SSSR count). The number of imidazole rings is 1. The first kappa shape index (κ1) is 22.7. The molecule has 4 aromatic rings. The number of hydrogen-bond donors (Lipinski definition) is 0. The molecule has 174 valence electrons. The van der Waals surface area contributed by atoms with Crippen LogP contribution in [0.1, 0.15) is 24.0 Å². The minimum absolute atomic E-state index is 0.227. The Labute approximate surface area is 206 Å². The average Bonchev–Trinajstić information content (AvgIpc) is 3.25. The van der Waals surface area contributed by atoms with Crippen LogP contribution in [0.15, 0.2) is 90.1 Å². The number of benzene rings is 3. The Morgan fingerprint density at radius 3 is 2.24 bits per heavy atom. The van der Waals surface area contributed by atoms with Gasteiger partial charge in [-0.15, -0.1) is 0 Å². The Kier molecular flexibility index (Phi) is 7.30. The first-order chi connectivity index (χ1) is 16.8. The minimum atomic E-state index is 0.227. The Morgan fingerprint density at radius 1 is 0.853 bits per heavy atom. The zero-order valence-electron chi connectivity index (χ0n) is 19.5. The van der Waals surface area contributed by atoms with Crippen LogP contribution in [-0.2, 0) is 24.2 Å². The molecule has 0 aliphatic carbocycles. The molecular formula is C29H31N3OS. The Hall–Kier alpha value is -3.05. The maximum atomic E-state index is 13.0. The summed E-state index contributed by atoms with van der Waals surface area (Å²) in [7, 11) is 0. The molecule has 0 bridgehead atoms. The van der Waals surface area contributed by atoms with Gasteiger partial charge in [0.15, 0.2) is 5.16 Å². The molecule has 1 saturated heterocycles. The number of likely N-dealkylation sites (tertiary alicyclic amines) is 1. The summed E-state index contributed by atoms with van der Waals surface area (Å²) < 4.78 is 2.27. The molecule has 2 heterocycles. The summed E-state index contributed by atoms with van der Waals surface area (Å²) in [6.45, 7) is 2.58. The van der Waals surface area contributed by atoms with Gasteiger partial charge >= 0.3 is 0 Å². The number of carbonyl (C=O) groups excluding carboxylic acids is 1. The molecule has 1 fully saturated rings. The van der Waals surface area contributed by atoms with Crippen molar-refractivity contribution >= 4 is 28.7 Å². The van der Waals surface area contributed by atoms with Gasteiger partial charge in [-0.05, 0) is 54.9 Å². The molecule has 1 amide bonds. The van der Waals surface area contributed by atoms with Crippen molar-refractivity contribution in [3.8, 4) is 0 Å². The Bertz CT molecular complexity index is 1210. The first-order valence-electron chi connectivity index (χ1n) is 12.2. The third kappa shape index (κ3) is 5.53. The van der Waals surface area contributed by atoms with E-state index in [1.165, 1.54) is 11.1 Å². The van der Waals surface area contributed by atoms with E-state index in [1.54, 1.807) is 11.8 Å². The van der Waals surface area contributed by atoms with Gasteiger partial charge in [0.1, 0.15) is 0 Å². The Balaban J connectivity index is 1.19. The number of aryl methyl sites for hydroxylation is 2. The van der Waals surface area contributed by atoms with E-state index in [1.807, 2.05) is 17.0 Å². The molecule has 3 aromatic carbocycles. The van der Waals surface area contributed by atoms with Gasteiger partial charge in [-0.1, -0.05) is 84.6 Å². The van der Waals surface area contributed by atoms with Gasteiger partial charge in [0.25, 0.3) is 0 Å². The maximum Gasteiger partial charge on any atom is 0.233 e. The second kappa shape index (κ2) is 10.9. The molecule has 5 heteroatoms. The molecule has 0 N–H and O–H groups in total. The maximum absolute atomic E-state index is 13.0. The summed E-state index contributed by atoms with van der Waals surface area (Å²) in [5.74, 6) is 1.34. The van der Waals surface area contributed by atoms with Gasteiger partial charge in [-0.25, -0.2) is 4.98 Å². The van der Waals surface area contributed by atoms with Crippen molar-refractivity contribution < 1.29 is 4.79 Å². The van der Waals surface area contributed by atoms with E-state index >= 15 is 0 Å². The van der Waals surface area contributed by atoms with E-state index in [9.17, 15) is 4.79 Å². The van der Waals surface area contributed by atoms with Crippen molar-refractivity contribution in [1.29, 1.82) is 0 Å². The number of fused-ring (bicyclic) bond motifs is 1. The summed E-state index contributed by atoms with van der Waals surface area (Å²) in [6, 6.07) is 29.5. The molecule has 0 spiro atoms. The summed E-state index contributed by atoms with van der Waals surface area (Å²) >= 11 is 1.57. The summed E-state index contributed by atoms with van der Waals surface area (Å²) in [5, 5.41) is 0.935. The highest BCUT2D eigenvalue weighted by Gasteiger charge is 2.23. The molecule has 0 radical (unpaired) electrons. The van der Waals surface area contributed by atoms with Crippen molar-refractivity contribution in [1.82, 2.24) is 14.5 Å². The van der Waals surface area contributed by atoms with E-state index in [4.69, 9.17) is 4.98 Å². The third-order valence-electron chi connectivity index (χ3n) is 6.75. The van der Waals surface area contributed by atoms with Crippen molar-refractivity contribution in [3.05, 3.63) is 96.1 Å². The highest BCUT2D eigenvalue weighted by atomic mass is 32.2. The number of piperidine rings is 1. The summed E-state index contributed by atoms with van der Waals surface area (Å²) in [6.07, 6.45) is 4.22. The number of carbonyl (C=O) groups is 1. The van der Waals surface area contributed by atoms with Crippen molar-refractivity contribution in [2.24, 2.45) is 5.92 Å². The predicted molar refractivity (Wildman–Crippen MR) is 140 cm³/mol. The fourth-order valence-electron chi connectivity index (χ4n) is 4.82. The molecule has 1 aliphatic rings. The van der Waals surface area contributed by atoms with Gasteiger partial charge in [-0.2, -0.15) is 0 Å². The number of para-hydroxylation sites is 2. The molecule has 0 saturated carbocycles. The standard InChI is InChI=1S/C29H31N3OS/c33-28(31-18-15-25(16-19-31)21-24-11-5-2-6-12-24)22-34-29-30-26-13-7-8-14-27(26)32(29)20-17-23-9-3-1-4-10-23/h1-14,25H,15-22H2. The summed E-state index contributed by atoms with van der Waals surface area (Å²) in [5.41, 5.74) is 4.84. The molecule has 4 nitrogen and oxygen atoms in total. The number of rotatable bonds is 8. The summed E-state index contributed by atoms with van der Waals surface area (Å²) in [4.78, 5) is 19.9. The zero-order valence-corrected chi connectivity index (χ0v) is 20.3. The molecule has 1 aliphatic heterocycles. The van der Waals surface area contributed by atoms with Crippen molar-refractivity contribution in [3.63, 3.8) is 0 Å². The predicted octanol–water partition coefficient (Wildman–Crippen LogP) is 5.85. The topological polar surface area (TPSA) is 38.1 Å². The van der Waals surface area contributed by atoms with E-state index in [2.05, 4.69) is 77.4 Å². The average molecular weight is 470 g/mol. The second-order valence-corrected chi connectivity index (χ2v) is 10.0. The molecule has 0 unspecified atom stereocenters. The van der Waals surface area contributed by atoms with E-state index in [0.717, 1.165) is 61.5 Å². The van der Waals surface area contributed by atoms with Gasteiger partial charge in [0, 0.05) is 19.6 Å². The number of hydrogen-bond acceptors (Lipinski definition) is 3. The highest BCUT2D eigenvalue weighted by molar-refractivity contribution is 7.99. The second-order valence-electron chi connectivity index (χ2n) is 9.07. The van der Waals surface area contributed by atoms with Crippen molar-refractivity contribution in [2.75, 3.05) is 18.8 Å². The van der Waals surface area contributed by atoms with Crippen LogP contribution >= 0.6 is 11.8 Å². The van der Waals surface area contributed by atoms with Crippen LogP contribution in [0.25, 0.3) is 11.0 Å². The van der Waals surface area contributed by atoms with Gasteiger partial charge < -0.3 is 9.47 Å².